The van der Waals surface area contributed by atoms with E-state index in [4.69, 9.17) is 0 Å². The van der Waals surface area contributed by atoms with Gasteiger partial charge in [-0.3, -0.25) is 19.3 Å². The van der Waals surface area contributed by atoms with Crippen molar-refractivity contribution in [3.05, 3.63) is 29.8 Å². The number of likely N-dealkylation sites (N-methyl/N-ethyl adjacent to an activating group) is 1. The highest BCUT2D eigenvalue weighted by atomic mass is 16.2. The second-order valence-electron chi connectivity index (χ2n) is 8.21. The highest BCUT2D eigenvalue weighted by molar-refractivity contribution is 6.10. The van der Waals surface area contributed by atoms with Gasteiger partial charge >= 0.3 is 0 Å². The first-order chi connectivity index (χ1) is 13.4. The number of anilines is 1. The number of fused-ring (bicyclic) bond motifs is 3. The van der Waals surface area contributed by atoms with E-state index in [1.807, 2.05) is 30.0 Å². The summed E-state index contributed by atoms with van der Waals surface area (Å²) in [5.41, 5.74) is 0.641. The average Bonchev–Trinajstić information content (AvgIpc) is 3.00. The Morgan fingerprint density at radius 3 is 2.57 bits per heavy atom. The normalized spacial score (nSPS) is 25.1. The Hall–Kier alpha value is -2.41. The molecule has 3 amide bonds. The lowest BCUT2D eigenvalue weighted by atomic mass is 9.98. The number of para-hydroxylation sites is 1. The zero-order valence-electron chi connectivity index (χ0n) is 16.7. The fraction of sp³-hybridized carbons (Fsp3) is 0.571. The average molecular weight is 384 g/mol. The molecule has 3 aliphatic heterocycles. The largest absolute Gasteiger partial charge is 0.340 e. The van der Waals surface area contributed by atoms with Crippen molar-refractivity contribution in [2.45, 2.75) is 38.3 Å². The molecule has 0 spiro atoms. The maximum Gasteiger partial charge on any atom is 0.257 e. The molecule has 0 aliphatic carbocycles. The molecule has 0 aromatic heterocycles. The van der Waals surface area contributed by atoms with Gasteiger partial charge in [0.1, 0.15) is 5.66 Å². The molecule has 0 radical (unpaired) electrons. The summed E-state index contributed by atoms with van der Waals surface area (Å²) in [7, 11) is 2.07. The fourth-order valence-electron chi connectivity index (χ4n) is 4.64. The summed E-state index contributed by atoms with van der Waals surface area (Å²) in [6, 6.07) is 7.33. The topological polar surface area (TPSA) is 64.2 Å². The number of carbonyl (C=O) groups excluding carboxylic acids is 3. The van der Waals surface area contributed by atoms with Gasteiger partial charge < -0.3 is 14.7 Å². The molecule has 3 heterocycles. The van der Waals surface area contributed by atoms with E-state index in [9.17, 15) is 14.4 Å². The van der Waals surface area contributed by atoms with Gasteiger partial charge in [0.25, 0.3) is 5.91 Å². The van der Waals surface area contributed by atoms with Crippen molar-refractivity contribution in [3.8, 4) is 0 Å². The molecular formula is C21H28N4O3. The van der Waals surface area contributed by atoms with Crippen molar-refractivity contribution in [1.29, 1.82) is 0 Å². The quantitative estimate of drug-likeness (QED) is 0.790. The molecular weight excluding hydrogens is 356 g/mol. The van der Waals surface area contributed by atoms with Crippen LogP contribution in [0.3, 0.4) is 0 Å². The van der Waals surface area contributed by atoms with Gasteiger partial charge in [0.05, 0.1) is 11.3 Å². The monoisotopic (exact) mass is 384 g/mol. The first-order valence-electron chi connectivity index (χ1n) is 10.1. The summed E-state index contributed by atoms with van der Waals surface area (Å²) in [4.78, 5) is 46.0. The van der Waals surface area contributed by atoms with Gasteiger partial charge in [-0.2, -0.15) is 0 Å². The van der Waals surface area contributed by atoms with Gasteiger partial charge in [-0.1, -0.05) is 12.1 Å². The summed E-state index contributed by atoms with van der Waals surface area (Å²) in [6.45, 7) is 5.79. The third kappa shape index (κ3) is 3.07. The highest BCUT2D eigenvalue weighted by Gasteiger charge is 2.52. The van der Waals surface area contributed by atoms with Crippen molar-refractivity contribution >= 4 is 23.4 Å². The molecule has 1 aromatic rings. The van der Waals surface area contributed by atoms with E-state index < -0.39 is 5.66 Å². The molecule has 7 heteroatoms. The van der Waals surface area contributed by atoms with Crippen LogP contribution in [0.1, 0.15) is 43.0 Å². The van der Waals surface area contributed by atoms with Crippen molar-refractivity contribution < 1.29 is 14.4 Å². The third-order valence-corrected chi connectivity index (χ3v) is 6.37. The van der Waals surface area contributed by atoms with Crippen molar-refractivity contribution in [2.24, 2.45) is 0 Å². The maximum absolute atomic E-state index is 13.2. The predicted octanol–water partition coefficient (Wildman–Crippen LogP) is 1.54. The molecule has 1 aromatic carbocycles. The molecule has 150 valence electrons. The van der Waals surface area contributed by atoms with Crippen LogP contribution < -0.4 is 4.90 Å². The zero-order chi connectivity index (χ0) is 19.9. The minimum absolute atomic E-state index is 0.0453. The van der Waals surface area contributed by atoms with Gasteiger partial charge in [-0.25, -0.2) is 0 Å². The van der Waals surface area contributed by atoms with Gasteiger partial charge in [-0.05, 0) is 38.9 Å². The molecule has 0 bridgehead atoms. The number of benzene rings is 1. The number of hydrogen-bond donors (Lipinski definition) is 0. The Morgan fingerprint density at radius 1 is 1.11 bits per heavy atom. The lowest BCUT2D eigenvalue weighted by molar-refractivity contribution is -0.133. The van der Waals surface area contributed by atoms with Crippen LogP contribution in [0, 0.1) is 0 Å². The second-order valence-corrected chi connectivity index (χ2v) is 8.21. The first kappa shape index (κ1) is 18.9. The molecule has 1 unspecified atom stereocenters. The number of piperazine rings is 1. The third-order valence-electron chi connectivity index (χ3n) is 6.37. The molecule has 0 N–H and O–H groups in total. The van der Waals surface area contributed by atoms with E-state index in [0.717, 1.165) is 26.2 Å². The first-order valence-corrected chi connectivity index (χ1v) is 10.1. The minimum atomic E-state index is -0.639. The number of hydrogen-bond acceptors (Lipinski definition) is 4. The van der Waals surface area contributed by atoms with Gasteiger partial charge in [0.2, 0.25) is 11.8 Å². The summed E-state index contributed by atoms with van der Waals surface area (Å²) in [5.74, 6) is 0.166. The van der Waals surface area contributed by atoms with Crippen LogP contribution in [-0.2, 0) is 9.59 Å². The van der Waals surface area contributed by atoms with Crippen molar-refractivity contribution in [2.75, 3.05) is 44.7 Å². The molecule has 4 rings (SSSR count). The number of nitrogens with zero attached hydrogens (tertiary/aromatic N) is 4. The van der Waals surface area contributed by atoms with E-state index in [0.29, 0.717) is 43.5 Å². The Morgan fingerprint density at radius 2 is 1.82 bits per heavy atom. The van der Waals surface area contributed by atoms with E-state index >= 15 is 0 Å². The minimum Gasteiger partial charge on any atom is -0.340 e. The fourth-order valence-corrected chi connectivity index (χ4v) is 4.64. The molecule has 1 atom stereocenters. The van der Waals surface area contributed by atoms with Crippen LogP contribution in [0.25, 0.3) is 0 Å². The van der Waals surface area contributed by atoms with Gasteiger partial charge in [-0.15, -0.1) is 0 Å². The molecule has 2 fully saturated rings. The van der Waals surface area contributed by atoms with E-state index in [-0.39, 0.29) is 17.7 Å². The zero-order valence-corrected chi connectivity index (χ0v) is 16.7. The lowest BCUT2D eigenvalue weighted by Gasteiger charge is -2.48. The smallest absolute Gasteiger partial charge is 0.257 e. The summed E-state index contributed by atoms with van der Waals surface area (Å²) in [5, 5.41) is 0. The van der Waals surface area contributed by atoms with Crippen molar-refractivity contribution in [3.63, 3.8) is 0 Å². The highest BCUT2D eigenvalue weighted by Crippen LogP contribution is 2.44. The SMILES string of the molecule is CN1CCN(C(=O)CCCN2C(=O)c3ccccc3N3C(=O)CCC23C)CC1. The number of rotatable bonds is 4. The van der Waals surface area contributed by atoms with Gasteiger partial charge in [0.15, 0.2) is 0 Å². The Balaban J connectivity index is 1.46. The summed E-state index contributed by atoms with van der Waals surface area (Å²) in [6.07, 6.45) is 2.10. The van der Waals surface area contributed by atoms with Crippen LogP contribution >= 0.6 is 0 Å². The van der Waals surface area contributed by atoms with Crippen LogP contribution in [0.4, 0.5) is 5.69 Å². The molecule has 7 nitrogen and oxygen atoms in total. The van der Waals surface area contributed by atoms with E-state index in [1.165, 1.54) is 0 Å². The standard InChI is InChI=1S/C21H28N4O3/c1-21-10-9-19(27)25(21)17-7-4-3-6-16(17)20(28)24(21)11-5-8-18(26)23-14-12-22(2)13-15-23/h3-4,6-7H,5,8-15H2,1-2H3. The van der Waals surface area contributed by atoms with Crippen LogP contribution in [-0.4, -0.2) is 77.9 Å². The second kappa shape index (κ2) is 7.20. The Kier molecular flexibility index (Phi) is 4.87. The van der Waals surface area contributed by atoms with Crippen molar-refractivity contribution in [1.82, 2.24) is 14.7 Å². The Labute approximate surface area is 165 Å². The number of carbonyl (C=O) groups is 3. The number of amides is 3. The van der Waals surface area contributed by atoms with Crippen LogP contribution in [0.15, 0.2) is 24.3 Å². The Bertz CT molecular complexity index is 803. The summed E-state index contributed by atoms with van der Waals surface area (Å²) < 4.78 is 0. The van der Waals surface area contributed by atoms with Crippen LogP contribution in [0.5, 0.6) is 0 Å². The van der Waals surface area contributed by atoms with Gasteiger partial charge in [0, 0.05) is 45.6 Å². The van der Waals surface area contributed by atoms with Crippen LogP contribution in [0.2, 0.25) is 0 Å². The molecule has 2 saturated heterocycles. The molecule has 3 aliphatic rings. The van der Waals surface area contributed by atoms with E-state index in [1.54, 1.807) is 15.9 Å². The predicted molar refractivity (Wildman–Crippen MR) is 106 cm³/mol. The maximum atomic E-state index is 13.2. The molecule has 28 heavy (non-hydrogen) atoms. The lowest BCUT2D eigenvalue weighted by Crippen LogP contribution is -2.62. The molecule has 0 saturated carbocycles. The summed E-state index contributed by atoms with van der Waals surface area (Å²) >= 11 is 0. The van der Waals surface area contributed by atoms with E-state index in [2.05, 4.69) is 11.9 Å².